The Hall–Kier alpha value is -0.590. The van der Waals surface area contributed by atoms with Gasteiger partial charge in [-0.2, -0.15) is 0 Å². The Morgan fingerprint density at radius 3 is 2.73 bits per heavy atom. The molecule has 2 aliphatic rings. The summed E-state index contributed by atoms with van der Waals surface area (Å²) in [5.41, 5.74) is 0.552. The van der Waals surface area contributed by atoms with E-state index in [1.165, 1.54) is 38.5 Å². The predicted molar refractivity (Wildman–Crippen MR) is 62.7 cm³/mol. The van der Waals surface area contributed by atoms with E-state index in [0.29, 0.717) is 17.1 Å². The summed E-state index contributed by atoms with van der Waals surface area (Å²) in [6, 6.07) is 0. The van der Waals surface area contributed by atoms with Crippen LogP contribution in [0.2, 0.25) is 0 Å². The number of ketones is 1. The summed E-state index contributed by atoms with van der Waals surface area (Å²) >= 11 is 0. The third kappa shape index (κ3) is 2.16. The fourth-order valence-corrected chi connectivity index (χ4v) is 3.65. The third-order valence-corrected chi connectivity index (χ3v) is 4.56. The van der Waals surface area contributed by atoms with Crippen LogP contribution in [-0.4, -0.2) is 5.78 Å². The summed E-state index contributed by atoms with van der Waals surface area (Å²) in [6.07, 6.45) is 12.7. The van der Waals surface area contributed by atoms with Crippen molar-refractivity contribution in [2.24, 2.45) is 11.3 Å². The second-order valence-corrected chi connectivity index (χ2v) is 5.38. The topological polar surface area (TPSA) is 17.1 Å². The quantitative estimate of drug-likeness (QED) is 0.640. The number of hydrogen-bond donors (Lipinski definition) is 0. The van der Waals surface area contributed by atoms with Crippen molar-refractivity contribution in [3.8, 4) is 0 Å². The van der Waals surface area contributed by atoms with Gasteiger partial charge in [0.05, 0.1) is 0 Å². The van der Waals surface area contributed by atoms with E-state index >= 15 is 0 Å². The van der Waals surface area contributed by atoms with E-state index in [1.54, 1.807) is 0 Å². The zero-order chi connectivity index (χ0) is 10.7. The van der Waals surface area contributed by atoms with E-state index in [4.69, 9.17) is 0 Å². The first-order chi connectivity index (χ1) is 7.27. The molecule has 1 nitrogen and oxygen atoms in total. The van der Waals surface area contributed by atoms with Crippen molar-refractivity contribution in [3.05, 3.63) is 12.7 Å². The average molecular weight is 206 g/mol. The lowest BCUT2D eigenvalue weighted by atomic mass is 9.63. The average Bonchev–Trinajstić information content (AvgIpc) is 2.70. The highest BCUT2D eigenvalue weighted by atomic mass is 16.1. The molecule has 0 aromatic rings. The van der Waals surface area contributed by atoms with Crippen LogP contribution in [0.15, 0.2) is 12.7 Å². The maximum atomic E-state index is 11.6. The van der Waals surface area contributed by atoms with Gasteiger partial charge in [0.15, 0.2) is 0 Å². The minimum Gasteiger partial charge on any atom is -0.300 e. The molecule has 0 aromatic carbocycles. The van der Waals surface area contributed by atoms with E-state index in [1.807, 2.05) is 6.08 Å². The van der Waals surface area contributed by atoms with Crippen LogP contribution < -0.4 is 0 Å². The minimum absolute atomic E-state index is 0.501. The van der Waals surface area contributed by atoms with Gasteiger partial charge in [-0.1, -0.05) is 18.9 Å². The van der Waals surface area contributed by atoms with E-state index in [-0.39, 0.29) is 0 Å². The Bertz CT molecular complexity index is 248. The Morgan fingerprint density at radius 2 is 2.07 bits per heavy atom. The molecule has 0 saturated heterocycles. The fourth-order valence-electron chi connectivity index (χ4n) is 3.65. The molecule has 0 N–H and O–H groups in total. The number of Topliss-reactive ketones (excluding diaryl/α,β-unsaturated/α-hetero) is 1. The number of rotatable bonds is 3. The molecule has 2 fully saturated rings. The Kier molecular flexibility index (Phi) is 3.28. The molecule has 2 saturated carbocycles. The van der Waals surface area contributed by atoms with Gasteiger partial charge in [0.1, 0.15) is 5.78 Å². The van der Waals surface area contributed by atoms with Crippen LogP contribution in [-0.2, 0) is 4.79 Å². The van der Waals surface area contributed by atoms with Gasteiger partial charge in [0, 0.05) is 12.8 Å². The predicted octanol–water partition coefficient (Wildman–Crippen LogP) is 3.88. The summed E-state index contributed by atoms with van der Waals surface area (Å²) in [7, 11) is 0. The molecule has 1 spiro atoms. The number of carbonyl (C=O) groups excluding carboxylic acids is 1. The molecule has 0 aromatic heterocycles. The maximum absolute atomic E-state index is 11.6. The molecular weight excluding hydrogens is 184 g/mol. The van der Waals surface area contributed by atoms with Gasteiger partial charge in [-0.05, 0) is 43.4 Å². The van der Waals surface area contributed by atoms with Crippen LogP contribution in [0, 0.1) is 11.3 Å². The molecule has 84 valence electrons. The summed E-state index contributed by atoms with van der Waals surface area (Å²) < 4.78 is 0. The van der Waals surface area contributed by atoms with Crippen molar-refractivity contribution in [3.63, 3.8) is 0 Å². The summed E-state index contributed by atoms with van der Waals surface area (Å²) in [4.78, 5) is 11.6. The SMILES string of the molecule is C=CCCC1CC(=O)CCC12CCCC2. The third-order valence-electron chi connectivity index (χ3n) is 4.56. The number of allylic oxidation sites excluding steroid dienone is 1. The largest absolute Gasteiger partial charge is 0.300 e. The van der Waals surface area contributed by atoms with Gasteiger partial charge in [-0.15, -0.1) is 6.58 Å². The molecule has 1 atom stereocenters. The molecule has 1 heteroatoms. The molecule has 0 radical (unpaired) electrons. The van der Waals surface area contributed by atoms with E-state index in [9.17, 15) is 4.79 Å². The van der Waals surface area contributed by atoms with Crippen LogP contribution in [0.3, 0.4) is 0 Å². The van der Waals surface area contributed by atoms with Crippen molar-refractivity contribution in [1.29, 1.82) is 0 Å². The normalized spacial score (nSPS) is 29.6. The summed E-state index contributed by atoms with van der Waals surface area (Å²) in [5.74, 6) is 1.17. The molecule has 2 aliphatic carbocycles. The van der Waals surface area contributed by atoms with Crippen LogP contribution in [0.25, 0.3) is 0 Å². The van der Waals surface area contributed by atoms with E-state index in [2.05, 4.69) is 6.58 Å². The minimum atomic E-state index is 0.501. The highest BCUT2D eigenvalue weighted by molar-refractivity contribution is 5.79. The van der Waals surface area contributed by atoms with Gasteiger partial charge in [-0.3, -0.25) is 4.79 Å². The Balaban J connectivity index is 2.05. The number of hydrogen-bond acceptors (Lipinski definition) is 1. The molecule has 0 heterocycles. The molecule has 0 aliphatic heterocycles. The Labute approximate surface area is 92.9 Å². The first-order valence-electron chi connectivity index (χ1n) is 6.39. The Morgan fingerprint density at radius 1 is 1.33 bits per heavy atom. The van der Waals surface area contributed by atoms with Gasteiger partial charge in [0.25, 0.3) is 0 Å². The molecule has 2 rings (SSSR count). The maximum Gasteiger partial charge on any atom is 0.133 e. The highest BCUT2D eigenvalue weighted by Crippen LogP contribution is 2.53. The fraction of sp³-hybridized carbons (Fsp3) is 0.786. The zero-order valence-corrected chi connectivity index (χ0v) is 9.63. The smallest absolute Gasteiger partial charge is 0.133 e. The number of carbonyl (C=O) groups is 1. The lowest BCUT2D eigenvalue weighted by Crippen LogP contribution is -2.34. The van der Waals surface area contributed by atoms with E-state index < -0.39 is 0 Å². The first-order valence-corrected chi connectivity index (χ1v) is 6.39. The van der Waals surface area contributed by atoms with Crippen LogP contribution in [0.1, 0.15) is 57.8 Å². The zero-order valence-electron chi connectivity index (χ0n) is 9.63. The standard InChI is InChI=1S/C14H22O/c1-2-3-6-12-11-13(15)7-10-14(12)8-4-5-9-14/h2,12H,1,3-11H2. The van der Waals surface area contributed by atoms with Crippen molar-refractivity contribution < 1.29 is 4.79 Å². The van der Waals surface area contributed by atoms with Gasteiger partial charge in [-0.25, -0.2) is 0 Å². The van der Waals surface area contributed by atoms with Crippen molar-refractivity contribution >= 4 is 5.78 Å². The summed E-state index contributed by atoms with van der Waals surface area (Å²) in [5, 5.41) is 0. The molecule has 0 amide bonds. The van der Waals surface area contributed by atoms with E-state index in [0.717, 1.165) is 19.3 Å². The second kappa shape index (κ2) is 4.51. The van der Waals surface area contributed by atoms with Crippen molar-refractivity contribution in [2.45, 2.75) is 57.8 Å². The lowest BCUT2D eigenvalue weighted by Gasteiger charge is -2.41. The van der Waals surface area contributed by atoms with Gasteiger partial charge >= 0.3 is 0 Å². The van der Waals surface area contributed by atoms with Gasteiger partial charge < -0.3 is 0 Å². The summed E-state index contributed by atoms with van der Waals surface area (Å²) in [6.45, 7) is 3.79. The van der Waals surface area contributed by atoms with Crippen LogP contribution in [0.4, 0.5) is 0 Å². The molecule has 0 bridgehead atoms. The first kappa shape index (κ1) is 10.9. The second-order valence-electron chi connectivity index (χ2n) is 5.38. The molecule has 1 unspecified atom stereocenters. The lowest BCUT2D eigenvalue weighted by molar-refractivity contribution is -0.125. The van der Waals surface area contributed by atoms with Crippen molar-refractivity contribution in [1.82, 2.24) is 0 Å². The van der Waals surface area contributed by atoms with Crippen LogP contribution >= 0.6 is 0 Å². The van der Waals surface area contributed by atoms with Gasteiger partial charge in [0.2, 0.25) is 0 Å². The monoisotopic (exact) mass is 206 g/mol. The molecular formula is C14H22O. The van der Waals surface area contributed by atoms with Crippen LogP contribution in [0.5, 0.6) is 0 Å². The highest BCUT2D eigenvalue weighted by Gasteiger charge is 2.43. The van der Waals surface area contributed by atoms with Crippen molar-refractivity contribution in [2.75, 3.05) is 0 Å². The molecule has 15 heavy (non-hydrogen) atoms.